The second-order valence-electron chi connectivity index (χ2n) is 14.5. The third-order valence-electron chi connectivity index (χ3n) is 7.90. The molecule has 71 heavy (non-hydrogen) atoms. The van der Waals surface area contributed by atoms with Gasteiger partial charge in [-0.25, -0.2) is 24.1 Å². The summed E-state index contributed by atoms with van der Waals surface area (Å²) in [6, 6.07) is 6.28. The highest BCUT2D eigenvalue weighted by atomic mass is 79.9. The van der Waals surface area contributed by atoms with Crippen LogP contribution in [-0.4, -0.2) is 139 Å². The number of nitrogens with zero attached hydrogens (tertiary/aromatic N) is 1. The topological polar surface area (TPSA) is 244 Å². The quantitative estimate of drug-likeness (QED) is 0.0249. The lowest BCUT2D eigenvalue weighted by Crippen LogP contribution is -2.32. The van der Waals surface area contributed by atoms with Gasteiger partial charge in [0.1, 0.15) is 61.5 Å². The van der Waals surface area contributed by atoms with Gasteiger partial charge in [-0.15, -0.1) is 0 Å². The molecule has 396 valence electrons. The van der Waals surface area contributed by atoms with Crippen LogP contribution in [0.4, 0.5) is 37.7 Å². The van der Waals surface area contributed by atoms with E-state index in [2.05, 4.69) is 68.5 Å². The van der Waals surface area contributed by atoms with Crippen LogP contribution < -0.4 is 20.1 Å². The number of esters is 3. The highest BCUT2D eigenvalue weighted by Crippen LogP contribution is 2.42. The van der Waals surface area contributed by atoms with E-state index < -0.39 is 77.1 Å². The van der Waals surface area contributed by atoms with Gasteiger partial charge in [0.25, 0.3) is 11.8 Å². The monoisotopic (exact) mass is 1280 g/mol. The maximum absolute atomic E-state index is 13.6. The van der Waals surface area contributed by atoms with Gasteiger partial charge in [0.2, 0.25) is 0 Å². The highest BCUT2D eigenvalue weighted by Gasteiger charge is 2.43. The largest absolute Gasteiger partial charge is 0.491 e. The van der Waals surface area contributed by atoms with Gasteiger partial charge in [-0.05, 0) is 121 Å². The number of amides is 2. The molecule has 0 bridgehead atoms. The molecule has 0 spiro atoms. The van der Waals surface area contributed by atoms with Crippen molar-refractivity contribution < 1.29 is 108 Å². The van der Waals surface area contributed by atoms with Crippen molar-refractivity contribution in [3.63, 3.8) is 0 Å². The van der Waals surface area contributed by atoms with Crippen LogP contribution in [0.2, 0.25) is 0 Å². The number of cyclic esters (lactones) is 2. The van der Waals surface area contributed by atoms with Crippen LogP contribution in [-0.2, 0) is 79.0 Å². The van der Waals surface area contributed by atoms with Crippen LogP contribution in [0.3, 0.4) is 0 Å². The second-order valence-corrected chi connectivity index (χ2v) is 17.7. The van der Waals surface area contributed by atoms with E-state index in [1.807, 2.05) is 0 Å². The van der Waals surface area contributed by atoms with E-state index in [1.54, 1.807) is 20.8 Å². The van der Waals surface area contributed by atoms with Crippen molar-refractivity contribution in [2.45, 2.75) is 38.7 Å². The number of anilines is 2. The number of carbonyl (C=O) groups excluding carboxylic acids is 5. The summed E-state index contributed by atoms with van der Waals surface area (Å²) in [6.07, 6.45) is -9.38. The molecule has 2 aromatic rings. The molecule has 4 rings (SSSR count). The third kappa shape index (κ3) is 23.5. The van der Waals surface area contributed by atoms with Crippen molar-refractivity contribution in [2.75, 3.05) is 103 Å². The van der Waals surface area contributed by atoms with E-state index in [-0.39, 0.29) is 114 Å². The molecule has 2 amide bonds. The smallest absolute Gasteiger partial charge is 0.418 e. The van der Waals surface area contributed by atoms with E-state index in [9.17, 15) is 55.1 Å². The molecular weight excluding hydrogens is 1240 g/mol. The van der Waals surface area contributed by atoms with Crippen LogP contribution in [0.25, 0.3) is 0 Å². The number of ether oxygens (including phenoxy) is 10. The summed E-state index contributed by atoms with van der Waals surface area (Å²) in [7, 11) is 0. The van der Waals surface area contributed by atoms with E-state index >= 15 is 0 Å². The van der Waals surface area contributed by atoms with Crippen molar-refractivity contribution in [2.24, 2.45) is 0 Å². The van der Waals surface area contributed by atoms with E-state index in [0.717, 1.165) is 18.2 Å². The number of alkyl halides is 6. The molecule has 3 N–H and O–H groups in total. The van der Waals surface area contributed by atoms with Crippen LogP contribution in [0, 0.1) is 0 Å². The molecule has 0 saturated carbocycles. The molecule has 29 heteroatoms. The van der Waals surface area contributed by atoms with Crippen LogP contribution in [0.5, 0.6) is 11.5 Å². The molecule has 0 atom stereocenters. The minimum absolute atomic E-state index is 0.0570. The van der Waals surface area contributed by atoms with E-state index in [0.29, 0.717) is 17.6 Å². The van der Waals surface area contributed by atoms with Gasteiger partial charge in [-0.3, -0.25) is 9.59 Å². The summed E-state index contributed by atoms with van der Waals surface area (Å²) in [6.45, 7) is 6.84. The number of hydrogen-bond donors (Lipinski definition) is 2. The first kappa shape index (κ1) is 62.9. The first-order chi connectivity index (χ1) is 33.1. The number of hydrogen-bond acceptors (Lipinski definition) is 17. The van der Waals surface area contributed by atoms with Gasteiger partial charge < -0.3 is 58.2 Å². The van der Waals surface area contributed by atoms with Gasteiger partial charge in [0.15, 0.2) is 0 Å². The molecule has 0 radical (unpaired) electrons. The summed E-state index contributed by atoms with van der Waals surface area (Å²) >= 11 is 11.5. The summed E-state index contributed by atoms with van der Waals surface area (Å²) < 4.78 is 130. The fraction of sp³-hybridized carbons (Fsp3) is 0.476. The zero-order valence-corrected chi connectivity index (χ0v) is 44.0. The predicted molar refractivity (Wildman–Crippen MR) is 250 cm³/mol. The molecule has 2 aliphatic heterocycles. The zero-order valence-electron chi connectivity index (χ0n) is 37.6. The first-order valence-corrected chi connectivity index (χ1v) is 23.4. The molecular formula is C42H46Br4F6N2O17. The average molecular weight is 1280 g/mol. The van der Waals surface area contributed by atoms with Crippen molar-refractivity contribution >= 4 is 111 Å². The molecule has 0 fully saturated rings. The van der Waals surface area contributed by atoms with Gasteiger partial charge >= 0.3 is 36.2 Å². The van der Waals surface area contributed by atoms with Crippen molar-refractivity contribution in [1.29, 1.82) is 0 Å². The Bertz CT molecular complexity index is 2180. The molecule has 2 heterocycles. The number of carbonyl (C=O) groups is 6. The molecule has 19 nitrogen and oxygen atoms in total. The first-order valence-electron chi connectivity index (χ1n) is 20.2. The molecule has 2 aliphatic rings. The second kappa shape index (κ2) is 30.7. The molecule has 0 unspecified atom stereocenters. The number of nitrogens with two attached hydrogens (primary N) is 1. The maximum Gasteiger partial charge on any atom is 0.418 e. The summed E-state index contributed by atoms with van der Waals surface area (Å²) in [4.78, 5) is 67.3. The highest BCUT2D eigenvalue weighted by molar-refractivity contribution is 9.15. The Hall–Kier alpha value is -4.20. The lowest BCUT2D eigenvalue weighted by Gasteiger charge is -2.21. The lowest BCUT2D eigenvalue weighted by molar-refractivity contribution is -0.161. The number of carboxylic acids is 1. The number of benzene rings is 2. The fourth-order valence-corrected chi connectivity index (χ4v) is 6.13. The summed E-state index contributed by atoms with van der Waals surface area (Å²) in [5, 5.41) is 8.39. The zero-order chi connectivity index (χ0) is 53.5. The summed E-state index contributed by atoms with van der Waals surface area (Å²) in [5.74, 6) is -4.71. The standard InChI is InChI=1S/C19H18Br2F3NO8.C19H28F3NO6.C4Br2O3/c20-15-16(21)18(29)25(17(15)28)13-2-1-11(9-12(13)19(22,23)24)33-8-7-31-4-3-30-5-6-32-10-14(26)27;1-18(2,3)29-17(24)13-27-9-8-25-6-7-26-10-11-28-14-4-5-16(23)15(12-14)19(20,21)22;5-1-2(6)4(8)9-3(1)7/h1-2,9H,3-8,10H2,(H,26,27);4-5,12H,6-11,13,23H2,1-3H3;. The minimum atomic E-state index is -4.85. The number of halogens is 10. The Morgan fingerprint density at radius 3 is 1.34 bits per heavy atom. The third-order valence-corrected chi connectivity index (χ3v) is 11.9. The number of carboxylic acid groups (broad SMARTS) is 1. The summed E-state index contributed by atoms with van der Waals surface area (Å²) in [5.41, 5.74) is 1.67. The Morgan fingerprint density at radius 1 is 0.577 bits per heavy atom. The van der Waals surface area contributed by atoms with Crippen molar-refractivity contribution in [1.82, 2.24) is 0 Å². The molecule has 0 aromatic heterocycles. The predicted octanol–water partition coefficient (Wildman–Crippen LogP) is 7.22. The molecule has 0 aliphatic carbocycles. The van der Waals surface area contributed by atoms with Crippen molar-refractivity contribution in [3.05, 3.63) is 65.5 Å². The van der Waals surface area contributed by atoms with Gasteiger partial charge in [-0.2, -0.15) is 26.3 Å². The van der Waals surface area contributed by atoms with Crippen LogP contribution in [0.1, 0.15) is 31.9 Å². The Kier molecular flexibility index (Phi) is 27.2. The lowest BCUT2D eigenvalue weighted by atomic mass is 10.1. The number of nitrogen functional groups attached to an aromatic ring is 1. The average Bonchev–Trinajstić information content (AvgIpc) is 3.61. The Morgan fingerprint density at radius 2 is 0.958 bits per heavy atom. The van der Waals surface area contributed by atoms with Crippen LogP contribution >= 0.6 is 63.7 Å². The molecule has 0 saturated heterocycles. The van der Waals surface area contributed by atoms with Gasteiger partial charge in [0, 0.05) is 5.69 Å². The Labute approximate surface area is 435 Å². The van der Waals surface area contributed by atoms with Gasteiger partial charge in [-0.1, -0.05) is 0 Å². The van der Waals surface area contributed by atoms with Crippen molar-refractivity contribution in [3.8, 4) is 11.5 Å². The minimum Gasteiger partial charge on any atom is -0.491 e. The fourth-order valence-electron chi connectivity index (χ4n) is 4.95. The Balaban J connectivity index is 0.000000415. The number of aliphatic carboxylic acids is 1. The molecule has 2 aromatic carbocycles. The maximum atomic E-state index is 13.6. The van der Waals surface area contributed by atoms with E-state index in [4.69, 9.17) is 53.5 Å². The number of imide groups is 1. The normalized spacial score (nSPS) is 14.0. The number of rotatable bonds is 25. The SMILES string of the molecule is CC(C)(C)OC(=O)COCCOCCOCCOc1ccc(N)c(C(F)(F)F)c1.O=C(O)COCCOCCOCCOc1ccc(N2C(=O)C(Br)=C(Br)C2=O)c(C(F)(F)F)c1.O=C1OC(=O)C(Br)=C1Br. The van der Waals surface area contributed by atoms with Gasteiger partial charge in [0.05, 0.1) is 82.9 Å². The van der Waals surface area contributed by atoms with Crippen LogP contribution in [0.15, 0.2) is 54.3 Å². The van der Waals surface area contributed by atoms with E-state index in [1.165, 1.54) is 12.1 Å².